The molecule has 3 rings (SSSR count). The summed E-state index contributed by atoms with van der Waals surface area (Å²) in [6, 6.07) is 6.70. The van der Waals surface area contributed by atoms with Crippen LogP contribution in [-0.4, -0.2) is 75.0 Å². The van der Waals surface area contributed by atoms with Gasteiger partial charge < -0.3 is 14.4 Å². The summed E-state index contributed by atoms with van der Waals surface area (Å²) >= 11 is 0. The third-order valence-electron chi connectivity index (χ3n) is 4.78. The minimum absolute atomic E-state index is 0.210. The van der Waals surface area contributed by atoms with Crippen LogP contribution >= 0.6 is 0 Å². The number of carbonyl (C=O) groups is 2. The van der Waals surface area contributed by atoms with Crippen molar-refractivity contribution in [2.45, 2.75) is 30.8 Å². The van der Waals surface area contributed by atoms with Crippen molar-refractivity contribution in [1.29, 1.82) is 0 Å². The van der Waals surface area contributed by atoms with Gasteiger partial charge in [0.2, 0.25) is 10.0 Å². The highest BCUT2D eigenvalue weighted by atomic mass is 32.2. The molecule has 0 spiro atoms. The molecule has 0 saturated carbocycles. The van der Waals surface area contributed by atoms with Crippen LogP contribution in [-0.2, 0) is 29.1 Å². The molecule has 2 aliphatic heterocycles. The molecule has 148 valence electrons. The zero-order valence-electron chi connectivity index (χ0n) is 15.3. The minimum Gasteiger partial charge on any atom is -0.454 e. The zero-order chi connectivity index (χ0) is 19.4. The summed E-state index contributed by atoms with van der Waals surface area (Å²) in [6.45, 7) is 3.03. The Hall–Kier alpha value is -1.97. The lowest BCUT2D eigenvalue weighted by Gasteiger charge is -2.33. The smallest absolute Gasteiger partial charge is 0.335 e. The first-order valence-corrected chi connectivity index (χ1v) is 10.4. The van der Waals surface area contributed by atoms with Gasteiger partial charge in [0.15, 0.2) is 12.7 Å². The molecule has 2 heterocycles. The quantitative estimate of drug-likeness (QED) is 0.675. The molecule has 2 fully saturated rings. The van der Waals surface area contributed by atoms with Crippen molar-refractivity contribution in [3.05, 3.63) is 29.8 Å². The van der Waals surface area contributed by atoms with E-state index in [9.17, 15) is 18.0 Å². The minimum atomic E-state index is -3.57. The lowest BCUT2D eigenvalue weighted by molar-refractivity contribution is -0.160. The van der Waals surface area contributed by atoms with Crippen LogP contribution in [0.2, 0.25) is 0 Å². The van der Waals surface area contributed by atoms with Crippen LogP contribution in [0.25, 0.3) is 0 Å². The average molecular weight is 396 g/mol. The first-order valence-electron chi connectivity index (χ1n) is 9.01. The van der Waals surface area contributed by atoms with Crippen molar-refractivity contribution in [1.82, 2.24) is 9.21 Å². The highest BCUT2D eigenvalue weighted by molar-refractivity contribution is 7.89. The second kappa shape index (κ2) is 8.37. The number of ether oxygens (including phenoxy) is 2. The largest absolute Gasteiger partial charge is 0.454 e. The fourth-order valence-electron chi connectivity index (χ4n) is 3.12. The van der Waals surface area contributed by atoms with Gasteiger partial charge in [0.25, 0.3) is 5.91 Å². The van der Waals surface area contributed by atoms with E-state index in [1.54, 1.807) is 24.3 Å². The normalized spacial score (nSPS) is 21.2. The molecule has 2 aliphatic rings. The summed E-state index contributed by atoms with van der Waals surface area (Å²) in [6.07, 6.45) is 0.850. The van der Waals surface area contributed by atoms with Gasteiger partial charge in [-0.15, -0.1) is 0 Å². The lowest BCUT2D eigenvalue weighted by Crippen LogP contribution is -2.51. The van der Waals surface area contributed by atoms with E-state index in [1.807, 2.05) is 6.92 Å². The number of amides is 1. The van der Waals surface area contributed by atoms with Crippen LogP contribution in [0.4, 0.5) is 0 Å². The molecule has 27 heavy (non-hydrogen) atoms. The Kier molecular flexibility index (Phi) is 6.13. The van der Waals surface area contributed by atoms with Crippen molar-refractivity contribution in [2.24, 2.45) is 0 Å². The Morgan fingerprint density at radius 3 is 2.41 bits per heavy atom. The van der Waals surface area contributed by atoms with Crippen LogP contribution in [0.5, 0.6) is 0 Å². The molecular formula is C18H24N2O6S. The third kappa shape index (κ3) is 4.66. The maximum atomic E-state index is 12.7. The second-order valence-corrected chi connectivity index (χ2v) is 8.65. The van der Waals surface area contributed by atoms with Gasteiger partial charge in [-0.3, -0.25) is 4.79 Å². The molecular weight excluding hydrogens is 372 g/mol. The number of hydrogen-bond donors (Lipinski definition) is 0. The number of nitrogens with zero attached hydrogens (tertiary/aromatic N) is 2. The zero-order valence-corrected chi connectivity index (χ0v) is 16.1. The number of rotatable bonds is 5. The first-order chi connectivity index (χ1) is 12.9. The summed E-state index contributed by atoms with van der Waals surface area (Å²) in [4.78, 5) is 25.8. The van der Waals surface area contributed by atoms with Gasteiger partial charge in [-0.1, -0.05) is 17.7 Å². The Bertz CT molecular complexity index is 779. The van der Waals surface area contributed by atoms with E-state index in [-0.39, 0.29) is 43.6 Å². The van der Waals surface area contributed by atoms with Gasteiger partial charge in [0, 0.05) is 32.8 Å². The number of aryl methyl sites for hydroxylation is 1. The van der Waals surface area contributed by atoms with E-state index in [1.165, 1.54) is 9.21 Å². The predicted molar refractivity (Wildman–Crippen MR) is 96.5 cm³/mol. The molecule has 0 unspecified atom stereocenters. The van der Waals surface area contributed by atoms with Crippen LogP contribution in [0.1, 0.15) is 18.4 Å². The van der Waals surface area contributed by atoms with Crippen molar-refractivity contribution in [2.75, 3.05) is 39.4 Å². The second-order valence-electron chi connectivity index (χ2n) is 6.71. The Labute approximate surface area is 159 Å². The highest BCUT2D eigenvalue weighted by Crippen LogP contribution is 2.18. The average Bonchev–Trinajstić information content (AvgIpc) is 3.21. The van der Waals surface area contributed by atoms with Gasteiger partial charge in [-0.25, -0.2) is 13.2 Å². The Morgan fingerprint density at radius 2 is 1.81 bits per heavy atom. The van der Waals surface area contributed by atoms with Crippen molar-refractivity contribution >= 4 is 21.9 Å². The Balaban J connectivity index is 1.49. The van der Waals surface area contributed by atoms with Gasteiger partial charge in [0.1, 0.15) is 0 Å². The highest BCUT2D eigenvalue weighted by Gasteiger charge is 2.31. The van der Waals surface area contributed by atoms with Crippen molar-refractivity contribution in [3.8, 4) is 0 Å². The van der Waals surface area contributed by atoms with Gasteiger partial charge in [-0.05, 0) is 31.9 Å². The summed E-state index contributed by atoms with van der Waals surface area (Å²) in [5, 5.41) is 0. The number of hydrogen-bond acceptors (Lipinski definition) is 6. The number of sulfonamides is 1. The van der Waals surface area contributed by atoms with Crippen LogP contribution < -0.4 is 0 Å². The number of benzene rings is 1. The first kappa shape index (κ1) is 19.8. The van der Waals surface area contributed by atoms with Crippen LogP contribution in [0, 0.1) is 6.92 Å². The summed E-state index contributed by atoms with van der Waals surface area (Å²) in [5.41, 5.74) is 0.988. The Morgan fingerprint density at radius 1 is 1.15 bits per heavy atom. The summed E-state index contributed by atoms with van der Waals surface area (Å²) in [5.74, 6) is -0.838. The molecule has 0 aromatic heterocycles. The number of carbonyl (C=O) groups excluding carboxylic acids is 2. The van der Waals surface area contributed by atoms with Crippen molar-refractivity contribution in [3.63, 3.8) is 0 Å². The monoisotopic (exact) mass is 396 g/mol. The molecule has 9 heteroatoms. The fourth-order valence-corrected chi connectivity index (χ4v) is 4.54. The lowest BCUT2D eigenvalue weighted by atomic mass is 10.2. The molecule has 1 atom stereocenters. The van der Waals surface area contributed by atoms with Crippen LogP contribution in [0.3, 0.4) is 0 Å². The van der Waals surface area contributed by atoms with E-state index in [4.69, 9.17) is 9.47 Å². The van der Waals surface area contributed by atoms with Gasteiger partial charge in [-0.2, -0.15) is 4.31 Å². The van der Waals surface area contributed by atoms with Gasteiger partial charge >= 0.3 is 5.97 Å². The van der Waals surface area contributed by atoms with E-state index < -0.39 is 22.1 Å². The number of esters is 1. The van der Waals surface area contributed by atoms with Crippen molar-refractivity contribution < 1.29 is 27.5 Å². The SMILES string of the molecule is Cc1ccc(S(=O)(=O)N2CCN(C(=O)COC(=O)[C@@H]3CCCO3)CC2)cc1. The van der Waals surface area contributed by atoms with E-state index in [2.05, 4.69) is 0 Å². The molecule has 1 amide bonds. The standard InChI is InChI=1S/C18H24N2O6S/c1-14-4-6-15(7-5-14)27(23,24)20-10-8-19(9-11-20)17(21)13-26-18(22)16-3-2-12-25-16/h4-7,16H,2-3,8-13H2,1H3/t16-/m0/s1. The third-order valence-corrected chi connectivity index (χ3v) is 6.69. The molecule has 0 aliphatic carbocycles. The molecule has 0 bridgehead atoms. The van der Waals surface area contributed by atoms with Crippen LogP contribution in [0.15, 0.2) is 29.2 Å². The van der Waals surface area contributed by atoms with E-state index in [0.29, 0.717) is 13.0 Å². The fraction of sp³-hybridized carbons (Fsp3) is 0.556. The summed E-state index contributed by atoms with van der Waals surface area (Å²) in [7, 11) is -3.57. The molecule has 8 nitrogen and oxygen atoms in total. The van der Waals surface area contributed by atoms with E-state index >= 15 is 0 Å². The molecule has 2 saturated heterocycles. The summed E-state index contributed by atoms with van der Waals surface area (Å²) < 4.78 is 37.0. The molecule has 0 N–H and O–H groups in total. The van der Waals surface area contributed by atoms with Gasteiger partial charge in [0.05, 0.1) is 4.90 Å². The topological polar surface area (TPSA) is 93.2 Å². The van der Waals surface area contributed by atoms with E-state index in [0.717, 1.165) is 12.0 Å². The molecule has 1 aromatic carbocycles. The molecule has 0 radical (unpaired) electrons. The predicted octanol–water partition coefficient (Wildman–Crippen LogP) is 0.550. The maximum absolute atomic E-state index is 12.7. The molecule has 1 aromatic rings. The maximum Gasteiger partial charge on any atom is 0.335 e. The number of piperazine rings is 1.